The molecule has 7 nitrogen and oxygen atoms in total. The van der Waals surface area contributed by atoms with Gasteiger partial charge in [-0.25, -0.2) is 4.98 Å². The molecular weight excluding hydrogens is 318 g/mol. The third-order valence-corrected chi connectivity index (χ3v) is 3.83. The van der Waals surface area contributed by atoms with Crippen LogP contribution in [0.15, 0.2) is 59.0 Å². The minimum absolute atomic E-state index is 0.0297. The Morgan fingerprint density at radius 1 is 1.00 bits per heavy atom. The first-order chi connectivity index (χ1) is 12.3. The van der Waals surface area contributed by atoms with Gasteiger partial charge in [-0.1, -0.05) is 30.3 Å². The van der Waals surface area contributed by atoms with Crippen LogP contribution in [0.2, 0.25) is 0 Å². The van der Waals surface area contributed by atoms with Gasteiger partial charge in [0.2, 0.25) is 17.7 Å². The van der Waals surface area contributed by atoms with Crippen molar-refractivity contribution in [2.75, 3.05) is 18.5 Å². The molecule has 0 spiro atoms. The second-order valence-corrected chi connectivity index (χ2v) is 5.53. The van der Waals surface area contributed by atoms with E-state index < -0.39 is 0 Å². The van der Waals surface area contributed by atoms with E-state index in [4.69, 9.17) is 9.52 Å². The molecule has 7 heteroatoms. The number of nitrogens with zero attached hydrogens (tertiary/aromatic N) is 4. The molecule has 0 bridgehead atoms. The number of benzene rings is 2. The van der Waals surface area contributed by atoms with Gasteiger partial charge in [0.25, 0.3) is 0 Å². The molecule has 126 valence electrons. The highest BCUT2D eigenvalue weighted by Gasteiger charge is 2.14. The van der Waals surface area contributed by atoms with Gasteiger partial charge in [0.15, 0.2) is 0 Å². The second-order valence-electron chi connectivity index (χ2n) is 5.53. The highest BCUT2D eigenvalue weighted by atomic mass is 16.4. The van der Waals surface area contributed by atoms with Crippen molar-refractivity contribution in [1.29, 1.82) is 0 Å². The van der Waals surface area contributed by atoms with Crippen LogP contribution >= 0.6 is 0 Å². The molecule has 0 saturated heterocycles. The molecule has 0 aliphatic rings. The number of aliphatic hydroxyl groups excluding tert-OH is 1. The maximum Gasteiger partial charge on any atom is 0.247 e. The lowest BCUT2D eigenvalue weighted by molar-refractivity contribution is 0.310. The molecule has 0 amide bonds. The first-order valence-corrected chi connectivity index (χ1v) is 8.03. The Labute approximate surface area is 144 Å². The lowest BCUT2D eigenvalue weighted by atomic mass is 10.2. The number of aromatic nitrogens is 4. The molecule has 0 saturated carbocycles. The monoisotopic (exact) mass is 335 g/mol. The summed E-state index contributed by atoms with van der Waals surface area (Å²) in [6.45, 7) is 0.846. The molecule has 0 aliphatic carbocycles. The van der Waals surface area contributed by atoms with Crippen LogP contribution in [0.5, 0.6) is 0 Å². The third-order valence-electron chi connectivity index (χ3n) is 3.83. The van der Waals surface area contributed by atoms with Crippen LogP contribution < -0.4 is 5.32 Å². The zero-order chi connectivity index (χ0) is 17.1. The average Bonchev–Trinajstić information content (AvgIpc) is 3.26. The molecule has 0 unspecified atom stereocenters. The topological polar surface area (TPSA) is 89.0 Å². The third kappa shape index (κ3) is 3.09. The lowest BCUT2D eigenvalue weighted by Gasteiger charge is -2.07. The summed E-state index contributed by atoms with van der Waals surface area (Å²) in [6, 6.07) is 17.5. The van der Waals surface area contributed by atoms with Crippen molar-refractivity contribution in [1.82, 2.24) is 19.7 Å². The molecule has 0 atom stereocenters. The van der Waals surface area contributed by atoms with Crippen LogP contribution in [0.1, 0.15) is 5.89 Å². The normalized spacial score (nSPS) is 11.1. The second kappa shape index (κ2) is 6.74. The minimum Gasteiger partial charge on any atom is -0.419 e. The zero-order valence-corrected chi connectivity index (χ0v) is 13.5. The molecule has 25 heavy (non-hydrogen) atoms. The summed E-state index contributed by atoms with van der Waals surface area (Å²) in [7, 11) is 0. The maximum absolute atomic E-state index is 9.07. The van der Waals surface area contributed by atoms with Gasteiger partial charge in [0.05, 0.1) is 17.6 Å². The van der Waals surface area contributed by atoms with Crippen LogP contribution in [-0.2, 0) is 6.54 Å². The molecule has 2 aromatic heterocycles. The van der Waals surface area contributed by atoms with E-state index in [2.05, 4.69) is 20.5 Å². The highest BCUT2D eigenvalue weighted by Crippen LogP contribution is 2.22. The summed E-state index contributed by atoms with van der Waals surface area (Å²) in [4.78, 5) is 4.56. The Balaban J connectivity index is 1.67. The molecule has 0 fully saturated rings. The summed E-state index contributed by atoms with van der Waals surface area (Å²) < 4.78 is 7.77. The summed E-state index contributed by atoms with van der Waals surface area (Å²) in [5.74, 6) is 1.65. The Hall–Kier alpha value is -3.19. The van der Waals surface area contributed by atoms with E-state index in [9.17, 15) is 0 Å². The van der Waals surface area contributed by atoms with E-state index in [1.165, 1.54) is 0 Å². The summed E-state index contributed by atoms with van der Waals surface area (Å²) >= 11 is 0. The SMILES string of the molecule is OCCNc1nc2ccccc2n1Cc1nnc(-c2ccccc2)o1. The van der Waals surface area contributed by atoms with Crippen LogP contribution in [0.3, 0.4) is 0 Å². The van der Waals surface area contributed by atoms with E-state index in [0.717, 1.165) is 16.6 Å². The van der Waals surface area contributed by atoms with Crippen molar-refractivity contribution >= 4 is 17.0 Å². The minimum atomic E-state index is 0.0297. The lowest BCUT2D eigenvalue weighted by Crippen LogP contribution is -2.12. The van der Waals surface area contributed by atoms with E-state index in [0.29, 0.717) is 30.8 Å². The van der Waals surface area contributed by atoms with Crippen molar-refractivity contribution < 1.29 is 9.52 Å². The summed E-state index contributed by atoms with van der Waals surface area (Å²) in [5, 5.41) is 20.5. The summed E-state index contributed by atoms with van der Waals surface area (Å²) in [6.07, 6.45) is 0. The number of nitrogens with one attached hydrogen (secondary N) is 1. The fourth-order valence-electron chi connectivity index (χ4n) is 2.69. The Bertz CT molecular complexity index is 977. The van der Waals surface area contributed by atoms with Crippen molar-refractivity contribution in [3.63, 3.8) is 0 Å². The van der Waals surface area contributed by atoms with Crippen molar-refractivity contribution in [3.8, 4) is 11.5 Å². The Morgan fingerprint density at radius 2 is 1.80 bits per heavy atom. The average molecular weight is 335 g/mol. The number of aliphatic hydroxyl groups is 1. The number of anilines is 1. The van der Waals surface area contributed by atoms with E-state index in [1.54, 1.807) is 0 Å². The van der Waals surface area contributed by atoms with Crippen LogP contribution in [-0.4, -0.2) is 38.0 Å². The van der Waals surface area contributed by atoms with E-state index in [1.807, 2.05) is 59.2 Å². The first kappa shape index (κ1) is 15.3. The van der Waals surface area contributed by atoms with Crippen LogP contribution in [0.4, 0.5) is 5.95 Å². The number of imidazole rings is 1. The largest absolute Gasteiger partial charge is 0.419 e. The number of para-hydroxylation sites is 2. The predicted octanol–water partition coefficient (Wildman–Crippen LogP) is 2.54. The first-order valence-electron chi connectivity index (χ1n) is 8.03. The van der Waals surface area contributed by atoms with Gasteiger partial charge >= 0.3 is 0 Å². The van der Waals surface area contributed by atoms with Gasteiger partial charge < -0.3 is 19.4 Å². The number of rotatable bonds is 6. The molecule has 0 aliphatic heterocycles. The molecule has 2 N–H and O–H groups in total. The zero-order valence-electron chi connectivity index (χ0n) is 13.5. The van der Waals surface area contributed by atoms with Crippen molar-refractivity contribution in [2.24, 2.45) is 0 Å². The quantitative estimate of drug-likeness (QED) is 0.563. The number of hydrogen-bond acceptors (Lipinski definition) is 6. The van der Waals surface area contributed by atoms with E-state index in [-0.39, 0.29) is 6.61 Å². The molecule has 0 radical (unpaired) electrons. The highest BCUT2D eigenvalue weighted by molar-refractivity contribution is 5.78. The van der Waals surface area contributed by atoms with Crippen LogP contribution in [0.25, 0.3) is 22.5 Å². The molecule has 2 aromatic carbocycles. The van der Waals surface area contributed by atoms with Gasteiger partial charge in [0.1, 0.15) is 6.54 Å². The van der Waals surface area contributed by atoms with Crippen molar-refractivity contribution in [3.05, 3.63) is 60.5 Å². The van der Waals surface area contributed by atoms with Gasteiger partial charge in [-0.05, 0) is 24.3 Å². The number of fused-ring (bicyclic) bond motifs is 1. The predicted molar refractivity (Wildman–Crippen MR) is 94.1 cm³/mol. The van der Waals surface area contributed by atoms with Gasteiger partial charge in [-0.15, -0.1) is 10.2 Å². The smallest absolute Gasteiger partial charge is 0.247 e. The van der Waals surface area contributed by atoms with Gasteiger partial charge in [-0.3, -0.25) is 0 Å². The van der Waals surface area contributed by atoms with Crippen molar-refractivity contribution in [2.45, 2.75) is 6.54 Å². The molecule has 2 heterocycles. The molecule has 4 aromatic rings. The fraction of sp³-hybridized carbons (Fsp3) is 0.167. The Morgan fingerprint density at radius 3 is 2.64 bits per heavy atom. The molecule has 4 rings (SSSR count). The van der Waals surface area contributed by atoms with Crippen LogP contribution in [0, 0.1) is 0 Å². The standard InChI is InChI=1S/C18H17N5O2/c24-11-10-19-18-20-14-8-4-5-9-15(14)23(18)12-16-21-22-17(25-16)13-6-2-1-3-7-13/h1-9,24H,10-12H2,(H,19,20). The number of hydrogen-bond donors (Lipinski definition) is 2. The maximum atomic E-state index is 9.07. The van der Waals surface area contributed by atoms with E-state index >= 15 is 0 Å². The van der Waals surface area contributed by atoms with Gasteiger partial charge in [-0.2, -0.15) is 0 Å². The van der Waals surface area contributed by atoms with Gasteiger partial charge in [0, 0.05) is 12.1 Å². The fourth-order valence-corrected chi connectivity index (χ4v) is 2.69. The molecular formula is C18H17N5O2. The Kier molecular flexibility index (Phi) is 4.14. The summed E-state index contributed by atoms with van der Waals surface area (Å²) in [5.41, 5.74) is 2.71.